The van der Waals surface area contributed by atoms with Crippen LogP contribution in [0.2, 0.25) is 0 Å². The fourth-order valence-electron chi connectivity index (χ4n) is 5.11. The Morgan fingerprint density at radius 2 is 1.68 bits per heavy atom. The van der Waals surface area contributed by atoms with Gasteiger partial charge < -0.3 is 16.2 Å². The molecule has 0 aliphatic carbocycles. The van der Waals surface area contributed by atoms with E-state index in [1.165, 1.54) is 56.3 Å². The summed E-state index contributed by atoms with van der Waals surface area (Å²) in [4.78, 5) is 56.9. The minimum Gasteiger partial charge on any atom is -0.494 e. The molecule has 47 heavy (non-hydrogen) atoms. The zero-order valence-electron chi connectivity index (χ0n) is 25.2. The first kappa shape index (κ1) is 31.4. The molecule has 0 bridgehead atoms. The number of allylic oxidation sites excluding steroid dienone is 2. The van der Waals surface area contributed by atoms with Crippen LogP contribution in [-0.4, -0.2) is 27.4 Å². The van der Waals surface area contributed by atoms with Crippen molar-refractivity contribution in [2.75, 3.05) is 16.0 Å². The van der Waals surface area contributed by atoms with Gasteiger partial charge in [0, 0.05) is 28.1 Å². The van der Waals surface area contributed by atoms with E-state index >= 15 is 0 Å². The molecular formula is C36H26N6O5. The summed E-state index contributed by atoms with van der Waals surface area (Å²) in [6.45, 7) is 10.5. The molecule has 3 aromatic carbocycles. The van der Waals surface area contributed by atoms with Crippen molar-refractivity contribution in [1.29, 1.82) is 5.26 Å². The first-order valence-corrected chi connectivity index (χ1v) is 14.1. The highest BCUT2D eigenvalue weighted by atomic mass is 16.3. The number of benzene rings is 3. The minimum absolute atomic E-state index is 0.0436. The number of carbonyl (C=O) groups is 3. The molecule has 1 aliphatic rings. The highest BCUT2D eigenvalue weighted by Gasteiger charge is 2.36. The van der Waals surface area contributed by atoms with E-state index in [-0.39, 0.29) is 50.8 Å². The molecule has 0 radical (unpaired) electrons. The number of hydrogen-bond donors (Lipinski definition) is 3. The number of imide groups is 1. The Balaban J connectivity index is 1.56. The van der Waals surface area contributed by atoms with E-state index in [0.29, 0.717) is 16.9 Å². The maximum atomic E-state index is 13.5. The summed E-state index contributed by atoms with van der Waals surface area (Å²) >= 11 is 0. The average molecular weight is 623 g/mol. The molecule has 4 N–H and O–H groups in total. The van der Waals surface area contributed by atoms with Crippen LogP contribution >= 0.6 is 0 Å². The Morgan fingerprint density at radius 3 is 2.36 bits per heavy atom. The molecule has 1 aromatic heterocycles. The molecule has 0 fully saturated rings. The lowest BCUT2D eigenvalue weighted by molar-refractivity contribution is -0.123. The third kappa shape index (κ3) is 5.92. The number of nitrogens with two attached hydrogens (primary N) is 1. The topological polar surface area (TPSA) is 163 Å². The summed E-state index contributed by atoms with van der Waals surface area (Å²) in [5.41, 5.74) is 6.59. The maximum absolute atomic E-state index is 13.5. The summed E-state index contributed by atoms with van der Waals surface area (Å²) in [7, 11) is 0. The van der Waals surface area contributed by atoms with Gasteiger partial charge in [-0.25, -0.2) is 9.41 Å². The van der Waals surface area contributed by atoms with Crippen molar-refractivity contribution >= 4 is 40.9 Å². The van der Waals surface area contributed by atoms with Crippen molar-refractivity contribution in [3.05, 3.63) is 152 Å². The molecule has 11 nitrogen and oxygen atoms in total. The zero-order chi connectivity index (χ0) is 33.8. The first-order valence-electron chi connectivity index (χ1n) is 14.1. The summed E-state index contributed by atoms with van der Waals surface area (Å²) in [5.74, 6) is -2.34. The number of aromatic hydroxyl groups is 1. The molecule has 0 saturated heterocycles. The van der Waals surface area contributed by atoms with Gasteiger partial charge >= 0.3 is 0 Å². The number of carbonyl (C=O) groups excluding carboxylic acids is 3. The molecule has 5 rings (SSSR count). The normalized spacial score (nSPS) is 14.0. The quantitative estimate of drug-likeness (QED) is 0.114. The number of aromatic nitrogens is 1. The fraction of sp³-hybridized carbons (Fsp3) is 0.0556. The van der Waals surface area contributed by atoms with Crippen LogP contribution in [0.15, 0.2) is 113 Å². The number of nitriles is 1. The van der Waals surface area contributed by atoms with Crippen molar-refractivity contribution in [2.45, 2.75) is 13.8 Å². The van der Waals surface area contributed by atoms with E-state index < -0.39 is 23.3 Å². The largest absolute Gasteiger partial charge is 0.494 e. The van der Waals surface area contributed by atoms with Crippen molar-refractivity contribution in [1.82, 2.24) is 4.57 Å². The number of nitrogens with one attached hydrogen (secondary N) is 1. The predicted molar refractivity (Wildman–Crippen MR) is 177 cm³/mol. The van der Waals surface area contributed by atoms with E-state index in [1.54, 1.807) is 54.6 Å². The molecule has 0 saturated carbocycles. The number of hydrogen-bond acceptors (Lipinski definition) is 7. The van der Waals surface area contributed by atoms with Gasteiger partial charge in [-0.2, -0.15) is 5.26 Å². The van der Waals surface area contributed by atoms with Crippen LogP contribution in [0, 0.1) is 24.8 Å². The molecular weight excluding hydrogens is 596 g/mol. The van der Waals surface area contributed by atoms with Gasteiger partial charge in [0.2, 0.25) is 5.88 Å². The highest BCUT2D eigenvalue weighted by molar-refractivity contribution is 6.30. The van der Waals surface area contributed by atoms with Gasteiger partial charge in [0.1, 0.15) is 11.6 Å². The third-order valence-electron chi connectivity index (χ3n) is 7.52. The Kier molecular flexibility index (Phi) is 8.66. The lowest BCUT2D eigenvalue weighted by atomic mass is 9.97. The van der Waals surface area contributed by atoms with E-state index in [0.717, 1.165) is 9.47 Å². The molecule has 4 aromatic rings. The van der Waals surface area contributed by atoms with Crippen molar-refractivity contribution in [2.24, 2.45) is 0 Å². The standard InChI is InChI=1S/C36H26N6O5/c1-21-28(16-9-17-29-22(2)31(39-3)36(47)42(34(29)45)26-14-7-12-24(38)18-26)33(44)41(35(46)30(21)20-37)27-15-8-13-25(19-27)40-32(43)23-10-5-4-6-11-23/h4-19,44H,38H2,1-2H3,(H,40,43)/b16-9+,29-17-. The maximum Gasteiger partial charge on any atom is 0.276 e. The smallest absolute Gasteiger partial charge is 0.276 e. The number of rotatable bonds is 6. The lowest BCUT2D eigenvalue weighted by Gasteiger charge is -2.27. The van der Waals surface area contributed by atoms with E-state index in [2.05, 4.69) is 10.2 Å². The molecule has 0 atom stereocenters. The minimum atomic E-state index is -0.782. The van der Waals surface area contributed by atoms with Gasteiger partial charge in [-0.15, -0.1) is 0 Å². The summed E-state index contributed by atoms with van der Waals surface area (Å²) in [6.07, 6.45) is 4.21. The van der Waals surface area contributed by atoms with E-state index in [4.69, 9.17) is 12.3 Å². The lowest BCUT2D eigenvalue weighted by Crippen LogP contribution is -2.42. The summed E-state index contributed by atoms with van der Waals surface area (Å²) in [5, 5.41) is 24.0. The van der Waals surface area contributed by atoms with Crippen LogP contribution < -0.4 is 21.5 Å². The molecule has 1 aliphatic heterocycles. The monoisotopic (exact) mass is 622 g/mol. The van der Waals surface area contributed by atoms with Gasteiger partial charge in [0.05, 0.1) is 17.9 Å². The molecule has 2 heterocycles. The number of pyridine rings is 1. The van der Waals surface area contributed by atoms with Gasteiger partial charge in [0.25, 0.3) is 29.0 Å². The van der Waals surface area contributed by atoms with Crippen molar-refractivity contribution in [3.8, 4) is 17.6 Å². The summed E-state index contributed by atoms with van der Waals surface area (Å²) < 4.78 is 0.949. The fourth-order valence-corrected chi connectivity index (χ4v) is 5.11. The Morgan fingerprint density at radius 1 is 0.979 bits per heavy atom. The second-order valence-electron chi connectivity index (χ2n) is 10.4. The van der Waals surface area contributed by atoms with Crippen LogP contribution in [-0.2, 0) is 9.59 Å². The predicted octanol–water partition coefficient (Wildman–Crippen LogP) is 5.26. The SMILES string of the molecule is [C-]#[N+]C1=C(C)/C(=C/C=C/c2c(C)c(C#N)c(=O)n(-c3cccc(NC(=O)c4ccccc4)c3)c2O)C(=O)N(c2cccc(N)c2)C1=O. The van der Waals surface area contributed by atoms with Crippen LogP contribution in [0.25, 0.3) is 16.6 Å². The second kappa shape index (κ2) is 12.9. The molecule has 3 amide bonds. The third-order valence-corrected chi connectivity index (χ3v) is 7.52. The first-order chi connectivity index (χ1) is 22.6. The molecule has 230 valence electrons. The molecule has 0 spiro atoms. The molecule has 11 heteroatoms. The van der Waals surface area contributed by atoms with Gasteiger partial charge in [-0.05, 0) is 79.6 Å². The Labute approximate surface area is 269 Å². The molecule has 0 unspecified atom stereocenters. The van der Waals surface area contributed by atoms with Gasteiger partial charge in [-0.3, -0.25) is 24.1 Å². The van der Waals surface area contributed by atoms with Crippen LogP contribution in [0.3, 0.4) is 0 Å². The highest BCUT2D eigenvalue weighted by Crippen LogP contribution is 2.32. The number of nitrogen functional groups attached to an aromatic ring is 1. The van der Waals surface area contributed by atoms with Crippen LogP contribution in [0.1, 0.15) is 34.0 Å². The van der Waals surface area contributed by atoms with Crippen molar-refractivity contribution < 1.29 is 19.5 Å². The number of amides is 3. The van der Waals surface area contributed by atoms with E-state index in [1.807, 2.05) is 6.07 Å². The number of nitrogens with zero attached hydrogens (tertiary/aromatic N) is 4. The number of anilines is 3. The zero-order valence-corrected chi connectivity index (χ0v) is 25.2. The Bertz CT molecular complexity index is 2220. The van der Waals surface area contributed by atoms with Crippen LogP contribution in [0.4, 0.5) is 17.1 Å². The van der Waals surface area contributed by atoms with Gasteiger partial charge in [0.15, 0.2) is 0 Å². The average Bonchev–Trinajstić information content (AvgIpc) is 3.05. The van der Waals surface area contributed by atoms with Gasteiger partial charge in [-0.1, -0.05) is 42.5 Å². The van der Waals surface area contributed by atoms with Crippen LogP contribution in [0.5, 0.6) is 5.88 Å². The van der Waals surface area contributed by atoms with Crippen molar-refractivity contribution in [3.63, 3.8) is 0 Å². The van der Waals surface area contributed by atoms with E-state index in [9.17, 15) is 29.5 Å². The second-order valence-corrected chi connectivity index (χ2v) is 10.4. The summed E-state index contributed by atoms with van der Waals surface area (Å²) in [6, 6.07) is 22.8. The Hall–Kier alpha value is -6.98.